The number of nitrogens with one attached hydrogen (secondary N) is 1. The minimum absolute atomic E-state index is 0.231. The van der Waals surface area contributed by atoms with Gasteiger partial charge in [0.2, 0.25) is 5.91 Å². The van der Waals surface area contributed by atoms with E-state index in [1.54, 1.807) is 0 Å². The molecule has 0 saturated heterocycles. The Bertz CT molecular complexity index is 289. The normalized spacial score (nSPS) is 20.0. The molecule has 0 aromatic heterocycles. The summed E-state index contributed by atoms with van der Waals surface area (Å²) in [4.78, 5) is 14.3. The van der Waals surface area contributed by atoms with E-state index in [0.29, 0.717) is 6.04 Å². The maximum Gasteiger partial charge on any atom is 0.237 e. The van der Waals surface area contributed by atoms with E-state index in [2.05, 4.69) is 24.1 Å². The predicted molar refractivity (Wildman–Crippen MR) is 84.6 cm³/mol. The van der Waals surface area contributed by atoms with Crippen molar-refractivity contribution < 1.29 is 4.79 Å². The van der Waals surface area contributed by atoms with E-state index in [1.807, 2.05) is 6.92 Å². The van der Waals surface area contributed by atoms with Gasteiger partial charge in [-0.1, -0.05) is 33.1 Å². The topological polar surface area (TPSA) is 58.4 Å². The van der Waals surface area contributed by atoms with Crippen LogP contribution in [-0.2, 0) is 4.79 Å². The van der Waals surface area contributed by atoms with Gasteiger partial charge < -0.3 is 16.0 Å². The maximum absolute atomic E-state index is 11.7. The van der Waals surface area contributed by atoms with Crippen LogP contribution in [0.4, 0.5) is 0 Å². The van der Waals surface area contributed by atoms with E-state index in [4.69, 9.17) is 5.73 Å². The highest BCUT2D eigenvalue weighted by Gasteiger charge is 2.31. The Labute approximate surface area is 124 Å². The number of carbonyl (C=O) groups excluding carboxylic acids is 1. The van der Waals surface area contributed by atoms with E-state index in [1.165, 1.54) is 32.1 Å². The van der Waals surface area contributed by atoms with Crippen LogP contribution in [-0.4, -0.2) is 42.0 Å². The summed E-state index contributed by atoms with van der Waals surface area (Å²) in [5, 5.41) is 3.33. The largest absolute Gasteiger partial charge is 0.368 e. The molecule has 0 aromatic rings. The van der Waals surface area contributed by atoms with E-state index in [9.17, 15) is 4.79 Å². The van der Waals surface area contributed by atoms with Gasteiger partial charge in [0.05, 0.1) is 5.54 Å². The molecule has 4 heteroatoms. The van der Waals surface area contributed by atoms with Crippen LogP contribution in [0, 0.1) is 0 Å². The zero-order valence-electron chi connectivity index (χ0n) is 13.6. The predicted octanol–water partition coefficient (Wildman–Crippen LogP) is 2.27. The number of amides is 1. The summed E-state index contributed by atoms with van der Waals surface area (Å²) in [5.74, 6) is -0.231. The highest BCUT2D eigenvalue weighted by molar-refractivity contribution is 5.84. The second kappa shape index (κ2) is 8.63. The van der Waals surface area contributed by atoms with Crippen LogP contribution in [0.2, 0.25) is 0 Å². The number of nitrogens with zero attached hydrogens (tertiary/aromatic N) is 1. The number of primary amides is 1. The molecule has 0 aliphatic heterocycles. The number of nitrogens with two attached hydrogens (primary N) is 1. The summed E-state index contributed by atoms with van der Waals surface area (Å²) in [6.07, 6.45) is 8.51. The smallest absolute Gasteiger partial charge is 0.237 e. The van der Waals surface area contributed by atoms with Gasteiger partial charge in [-0.3, -0.25) is 4.79 Å². The highest BCUT2D eigenvalue weighted by Crippen LogP contribution is 2.23. The molecule has 1 rings (SSSR count). The molecule has 0 aromatic carbocycles. The number of carbonyl (C=O) groups is 1. The first-order chi connectivity index (χ1) is 9.53. The van der Waals surface area contributed by atoms with Crippen molar-refractivity contribution in [3.8, 4) is 0 Å². The summed E-state index contributed by atoms with van der Waals surface area (Å²) in [6.45, 7) is 9.13. The summed E-state index contributed by atoms with van der Waals surface area (Å²) in [6, 6.07) is 0.706. The van der Waals surface area contributed by atoms with Crippen molar-refractivity contribution in [1.82, 2.24) is 10.2 Å². The molecule has 0 radical (unpaired) electrons. The molecule has 1 fully saturated rings. The molecule has 0 heterocycles. The first kappa shape index (κ1) is 17.4. The summed E-state index contributed by atoms with van der Waals surface area (Å²) in [7, 11) is 0. The van der Waals surface area contributed by atoms with Crippen molar-refractivity contribution in [2.45, 2.75) is 77.3 Å². The second-order valence-corrected chi connectivity index (χ2v) is 6.29. The summed E-state index contributed by atoms with van der Waals surface area (Å²) >= 11 is 0. The first-order valence-corrected chi connectivity index (χ1v) is 8.32. The third-order valence-corrected chi connectivity index (χ3v) is 4.71. The van der Waals surface area contributed by atoms with Gasteiger partial charge in [0, 0.05) is 12.6 Å². The average Bonchev–Trinajstić information content (AvgIpc) is 2.46. The minimum Gasteiger partial charge on any atom is -0.368 e. The van der Waals surface area contributed by atoms with Crippen molar-refractivity contribution in [2.75, 3.05) is 19.6 Å². The Morgan fingerprint density at radius 1 is 1.30 bits per heavy atom. The lowest BCUT2D eigenvalue weighted by molar-refractivity contribution is -0.124. The minimum atomic E-state index is -0.571. The SMILES string of the molecule is CCCNC(C)(CCN(CC)C1CCCCC1)C(N)=O. The lowest BCUT2D eigenvalue weighted by Crippen LogP contribution is -2.55. The van der Waals surface area contributed by atoms with Gasteiger partial charge in [-0.2, -0.15) is 0 Å². The molecule has 1 saturated carbocycles. The van der Waals surface area contributed by atoms with Gasteiger partial charge >= 0.3 is 0 Å². The maximum atomic E-state index is 11.7. The van der Waals surface area contributed by atoms with Gasteiger partial charge in [0.15, 0.2) is 0 Å². The molecule has 0 spiro atoms. The molecule has 3 N–H and O–H groups in total. The van der Waals surface area contributed by atoms with Gasteiger partial charge in [-0.25, -0.2) is 0 Å². The van der Waals surface area contributed by atoms with Crippen LogP contribution >= 0.6 is 0 Å². The molecule has 20 heavy (non-hydrogen) atoms. The number of rotatable bonds is 9. The molecule has 1 atom stereocenters. The standard InChI is InChI=1S/C16H33N3O/c1-4-12-18-16(3,15(17)20)11-13-19(5-2)14-9-7-6-8-10-14/h14,18H,4-13H2,1-3H3,(H2,17,20). The van der Waals surface area contributed by atoms with Crippen LogP contribution in [0.5, 0.6) is 0 Å². The van der Waals surface area contributed by atoms with Gasteiger partial charge in [-0.15, -0.1) is 0 Å². The zero-order valence-corrected chi connectivity index (χ0v) is 13.6. The first-order valence-electron chi connectivity index (χ1n) is 8.32. The van der Waals surface area contributed by atoms with E-state index in [0.717, 1.165) is 32.5 Å². The fourth-order valence-electron chi connectivity index (χ4n) is 3.11. The molecular weight excluding hydrogens is 250 g/mol. The van der Waals surface area contributed by atoms with Crippen LogP contribution in [0.15, 0.2) is 0 Å². The third kappa shape index (κ3) is 5.06. The summed E-state index contributed by atoms with van der Waals surface area (Å²) in [5.41, 5.74) is 5.03. The lowest BCUT2D eigenvalue weighted by Gasteiger charge is -2.36. The van der Waals surface area contributed by atoms with Crippen LogP contribution in [0.25, 0.3) is 0 Å². The third-order valence-electron chi connectivity index (χ3n) is 4.71. The lowest BCUT2D eigenvalue weighted by atomic mass is 9.92. The molecule has 1 aliphatic rings. The van der Waals surface area contributed by atoms with Crippen molar-refractivity contribution in [3.05, 3.63) is 0 Å². The van der Waals surface area contributed by atoms with E-state index >= 15 is 0 Å². The van der Waals surface area contributed by atoms with Crippen LogP contribution in [0.1, 0.15) is 65.7 Å². The van der Waals surface area contributed by atoms with Crippen molar-refractivity contribution >= 4 is 5.91 Å². The fourth-order valence-corrected chi connectivity index (χ4v) is 3.11. The molecule has 4 nitrogen and oxygen atoms in total. The number of hydrogen-bond acceptors (Lipinski definition) is 3. The molecule has 1 amide bonds. The quantitative estimate of drug-likeness (QED) is 0.682. The zero-order chi connectivity index (χ0) is 15.0. The van der Waals surface area contributed by atoms with E-state index < -0.39 is 5.54 Å². The summed E-state index contributed by atoms with van der Waals surface area (Å²) < 4.78 is 0. The van der Waals surface area contributed by atoms with Crippen molar-refractivity contribution in [3.63, 3.8) is 0 Å². The molecule has 1 unspecified atom stereocenters. The average molecular weight is 283 g/mol. The van der Waals surface area contributed by atoms with Gasteiger partial charge in [0.25, 0.3) is 0 Å². The van der Waals surface area contributed by atoms with Gasteiger partial charge in [-0.05, 0) is 45.7 Å². The van der Waals surface area contributed by atoms with Crippen molar-refractivity contribution in [1.29, 1.82) is 0 Å². The Morgan fingerprint density at radius 3 is 2.45 bits per heavy atom. The van der Waals surface area contributed by atoms with Crippen molar-refractivity contribution in [2.24, 2.45) is 5.73 Å². The molecule has 0 bridgehead atoms. The van der Waals surface area contributed by atoms with E-state index in [-0.39, 0.29) is 5.91 Å². The van der Waals surface area contributed by atoms with Crippen LogP contribution < -0.4 is 11.1 Å². The second-order valence-electron chi connectivity index (χ2n) is 6.29. The Balaban J connectivity index is 2.52. The molecule has 1 aliphatic carbocycles. The fraction of sp³-hybridized carbons (Fsp3) is 0.938. The molecular formula is C16H33N3O. The Morgan fingerprint density at radius 2 is 1.95 bits per heavy atom. The monoisotopic (exact) mass is 283 g/mol. The highest BCUT2D eigenvalue weighted by atomic mass is 16.1. The van der Waals surface area contributed by atoms with Gasteiger partial charge in [0.1, 0.15) is 0 Å². The van der Waals surface area contributed by atoms with Crippen LogP contribution in [0.3, 0.4) is 0 Å². The molecule has 118 valence electrons. The Hall–Kier alpha value is -0.610. The Kier molecular flexibility index (Phi) is 7.52. The number of hydrogen-bond donors (Lipinski definition) is 2.